The average molecular weight is 233 g/mol. The minimum atomic E-state index is 0.728. The molecule has 0 aliphatic rings. The molecule has 2 rings (SSSR count). The van der Waals surface area contributed by atoms with Gasteiger partial charge >= 0.3 is 0 Å². The van der Waals surface area contributed by atoms with Crippen LogP contribution in [0.25, 0.3) is 11.5 Å². The summed E-state index contributed by atoms with van der Waals surface area (Å²) in [5.41, 5.74) is 10.8. The van der Waals surface area contributed by atoms with E-state index in [0.29, 0.717) is 0 Å². The Morgan fingerprint density at radius 3 is 2.35 bits per heavy atom. The summed E-state index contributed by atoms with van der Waals surface area (Å²) in [6, 6.07) is 0. The highest BCUT2D eigenvalue weighted by molar-refractivity contribution is 5.70. The van der Waals surface area contributed by atoms with Crippen LogP contribution in [0, 0.1) is 6.92 Å². The van der Waals surface area contributed by atoms with E-state index in [1.165, 1.54) is 0 Å². The van der Waals surface area contributed by atoms with Crippen molar-refractivity contribution in [2.24, 2.45) is 7.05 Å². The Hall–Kier alpha value is -1.78. The molecular formula is C12H19N5. The number of nitrogens with one attached hydrogen (secondary N) is 1. The minimum absolute atomic E-state index is 0.728. The van der Waals surface area contributed by atoms with Crippen LogP contribution in [0.4, 0.5) is 5.69 Å². The lowest BCUT2D eigenvalue weighted by Crippen LogP contribution is -1.97. The van der Waals surface area contributed by atoms with Crippen LogP contribution < -0.4 is 5.73 Å². The minimum Gasteiger partial charge on any atom is -0.395 e. The van der Waals surface area contributed by atoms with Crippen molar-refractivity contribution in [2.45, 2.75) is 33.6 Å². The van der Waals surface area contributed by atoms with Crippen molar-refractivity contribution in [1.29, 1.82) is 0 Å². The number of H-pyrrole nitrogens is 1. The monoisotopic (exact) mass is 233 g/mol. The second-order valence-electron chi connectivity index (χ2n) is 4.20. The summed E-state index contributed by atoms with van der Waals surface area (Å²) in [6.07, 6.45) is 1.75. The first-order valence-corrected chi connectivity index (χ1v) is 5.95. The fourth-order valence-electron chi connectivity index (χ4n) is 2.09. The molecule has 2 aromatic rings. The van der Waals surface area contributed by atoms with Gasteiger partial charge in [0.05, 0.1) is 17.1 Å². The molecular weight excluding hydrogens is 214 g/mol. The van der Waals surface area contributed by atoms with E-state index in [2.05, 4.69) is 22.0 Å². The Balaban J connectivity index is 2.55. The number of nitrogens with two attached hydrogens (primary N) is 1. The first kappa shape index (κ1) is 11.7. The van der Waals surface area contributed by atoms with Gasteiger partial charge in [-0.15, -0.1) is 0 Å². The summed E-state index contributed by atoms with van der Waals surface area (Å²) < 4.78 is 1.80. The van der Waals surface area contributed by atoms with E-state index in [-0.39, 0.29) is 0 Å². The van der Waals surface area contributed by atoms with E-state index in [4.69, 9.17) is 5.73 Å². The van der Waals surface area contributed by atoms with Gasteiger partial charge in [0.25, 0.3) is 0 Å². The summed E-state index contributed by atoms with van der Waals surface area (Å²) in [5.74, 6) is 0.812. The second kappa shape index (κ2) is 4.24. The van der Waals surface area contributed by atoms with Crippen molar-refractivity contribution in [3.63, 3.8) is 0 Å². The predicted molar refractivity (Wildman–Crippen MR) is 68.7 cm³/mol. The van der Waals surface area contributed by atoms with E-state index in [9.17, 15) is 0 Å². The zero-order chi connectivity index (χ0) is 12.6. The number of aromatic nitrogens is 4. The number of anilines is 1. The first-order valence-electron chi connectivity index (χ1n) is 5.95. The molecule has 17 heavy (non-hydrogen) atoms. The third-order valence-corrected chi connectivity index (χ3v) is 3.04. The molecule has 3 N–H and O–H groups in total. The molecule has 0 saturated heterocycles. The Kier molecular flexibility index (Phi) is 2.92. The molecule has 0 aliphatic heterocycles. The van der Waals surface area contributed by atoms with E-state index in [1.807, 2.05) is 20.9 Å². The molecule has 0 amide bonds. The van der Waals surface area contributed by atoms with Gasteiger partial charge < -0.3 is 10.7 Å². The number of nitrogens with zero attached hydrogens (tertiary/aromatic N) is 3. The van der Waals surface area contributed by atoms with Gasteiger partial charge in [-0.05, 0) is 19.8 Å². The lowest BCUT2D eigenvalue weighted by atomic mass is 10.2. The lowest BCUT2D eigenvalue weighted by Gasteiger charge is -1.98. The summed E-state index contributed by atoms with van der Waals surface area (Å²) in [5, 5.41) is 4.40. The molecule has 0 aromatic carbocycles. The molecule has 0 radical (unpaired) electrons. The predicted octanol–water partition coefficient (Wildman–Crippen LogP) is 1.83. The maximum atomic E-state index is 6.10. The van der Waals surface area contributed by atoms with Gasteiger partial charge in [0.15, 0.2) is 5.82 Å². The Morgan fingerprint density at radius 1 is 1.24 bits per heavy atom. The number of aromatic amines is 1. The Morgan fingerprint density at radius 2 is 1.88 bits per heavy atom. The van der Waals surface area contributed by atoms with Crippen molar-refractivity contribution < 1.29 is 0 Å². The van der Waals surface area contributed by atoms with Crippen LogP contribution in [0.1, 0.15) is 30.9 Å². The molecule has 0 fully saturated rings. The highest BCUT2D eigenvalue weighted by Crippen LogP contribution is 2.27. The lowest BCUT2D eigenvalue weighted by molar-refractivity contribution is 0.749. The Labute approximate surface area is 101 Å². The highest BCUT2D eigenvalue weighted by atomic mass is 15.3. The number of hydrogen-bond donors (Lipinski definition) is 2. The first-order chi connectivity index (χ1) is 8.08. The number of hydrogen-bond acceptors (Lipinski definition) is 3. The number of aryl methyl sites for hydroxylation is 4. The molecule has 0 spiro atoms. The van der Waals surface area contributed by atoms with Gasteiger partial charge in [-0.25, -0.2) is 4.98 Å². The van der Waals surface area contributed by atoms with Gasteiger partial charge in [0, 0.05) is 12.7 Å². The van der Waals surface area contributed by atoms with Gasteiger partial charge in [0.2, 0.25) is 0 Å². The zero-order valence-corrected chi connectivity index (χ0v) is 10.8. The third-order valence-electron chi connectivity index (χ3n) is 3.04. The van der Waals surface area contributed by atoms with Crippen LogP contribution >= 0.6 is 0 Å². The van der Waals surface area contributed by atoms with Crippen LogP contribution in [0.5, 0.6) is 0 Å². The molecule has 2 heterocycles. The summed E-state index contributed by atoms with van der Waals surface area (Å²) in [6.45, 7) is 6.17. The average Bonchev–Trinajstić information content (AvgIpc) is 2.79. The van der Waals surface area contributed by atoms with Crippen molar-refractivity contribution in [3.8, 4) is 11.5 Å². The standard InChI is InChI=1S/C12H19N5/c1-5-8-7(3)14-12(15-8)11-10(13)9(6-2)16-17(11)4/h5-6,13H2,1-4H3,(H,14,15). The number of imidazole rings is 1. The molecule has 2 aromatic heterocycles. The molecule has 0 unspecified atom stereocenters. The second-order valence-corrected chi connectivity index (χ2v) is 4.20. The molecule has 5 nitrogen and oxygen atoms in total. The Bertz CT molecular complexity index is 535. The maximum Gasteiger partial charge on any atom is 0.158 e. The van der Waals surface area contributed by atoms with Crippen molar-refractivity contribution in [2.75, 3.05) is 5.73 Å². The topological polar surface area (TPSA) is 72.5 Å². The molecule has 5 heteroatoms. The maximum absolute atomic E-state index is 6.10. The van der Waals surface area contributed by atoms with Crippen molar-refractivity contribution in [3.05, 3.63) is 17.1 Å². The molecule has 0 saturated carbocycles. The van der Waals surface area contributed by atoms with Crippen LogP contribution in [-0.2, 0) is 19.9 Å². The zero-order valence-electron chi connectivity index (χ0n) is 10.8. The van der Waals surface area contributed by atoms with E-state index in [0.717, 1.165) is 47.1 Å². The van der Waals surface area contributed by atoms with Crippen LogP contribution in [0.15, 0.2) is 0 Å². The largest absolute Gasteiger partial charge is 0.395 e. The smallest absolute Gasteiger partial charge is 0.158 e. The number of rotatable bonds is 3. The summed E-state index contributed by atoms with van der Waals surface area (Å²) in [7, 11) is 1.90. The SMILES string of the molecule is CCc1nc(-c2c(N)c(CC)nn2C)[nH]c1C. The van der Waals surface area contributed by atoms with Gasteiger partial charge in [-0.1, -0.05) is 13.8 Å². The van der Waals surface area contributed by atoms with E-state index in [1.54, 1.807) is 4.68 Å². The van der Waals surface area contributed by atoms with Crippen molar-refractivity contribution in [1.82, 2.24) is 19.7 Å². The summed E-state index contributed by atoms with van der Waals surface area (Å²) >= 11 is 0. The fourth-order valence-corrected chi connectivity index (χ4v) is 2.09. The van der Waals surface area contributed by atoms with Gasteiger partial charge in [-0.3, -0.25) is 4.68 Å². The van der Waals surface area contributed by atoms with E-state index >= 15 is 0 Å². The number of nitrogen functional groups attached to an aromatic ring is 1. The highest BCUT2D eigenvalue weighted by Gasteiger charge is 2.17. The fraction of sp³-hybridized carbons (Fsp3) is 0.500. The quantitative estimate of drug-likeness (QED) is 0.849. The van der Waals surface area contributed by atoms with Gasteiger partial charge in [0.1, 0.15) is 5.69 Å². The summed E-state index contributed by atoms with van der Waals surface area (Å²) in [4.78, 5) is 7.85. The normalized spacial score (nSPS) is 11.1. The van der Waals surface area contributed by atoms with Crippen LogP contribution in [0.3, 0.4) is 0 Å². The van der Waals surface area contributed by atoms with E-state index < -0.39 is 0 Å². The molecule has 0 bridgehead atoms. The van der Waals surface area contributed by atoms with Gasteiger partial charge in [-0.2, -0.15) is 5.10 Å². The van der Waals surface area contributed by atoms with Crippen LogP contribution in [-0.4, -0.2) is 19.7 Å². The molecule has 0 aliphatic carbocycles. The molecule has 92 valence electrons. The molecule has 0 atom stereocenters. The van der Waals surface area contributed by atoms with Crippen molar-refractivity contribution >= 4 is 5.69 Å². The van der Waals surface area contributed by atoms with Crippen LogP contribution in [0.2, 0.25) is 0 Å². The third kappa shape index (κ3) is 1.81.